The van der Waals surface area contributed by atoms with Gasteiger partial charge in [-0.25, -0.2) is 0 Å². The van der Waals surface area contributed by atoms with Gasteiger partial charge < -0.3 is 5.11 Å². The molecule has 3 fully saturated rings. The second-order valence-corrected chi connectivity index (χ2v) is 10.5. The molecule has 0 aromatic heterocycles. The normalized spacial score (nSPS) is 45.6. The van der Waals surface area contributed by atoms with Crippen LogP contribution in [0.2, 0.25) is 0 Å². The van der Waals surface area contributed by atoms with Gasteiger partial charge in [0.2, 0.25) is 0 Å². The lowest BCUT2D eigenvalue weighted by molar-refractivity contribution is -0.133. The summed E-state index contributed by atoms with van der Waals surface area (Å²) in [5.41, 5.74) is 0.851. The number of rotatable bonds is 2. The summed E-state index contributed by atoms with van der Waals surface area (Å²) in [7, 11) is 0. The third kappa shape index (κ3) is 2.38. The third-order valence-corrected chi connectivity index (χ3v) is 8.71. The topological polar surface area (TPSA) is 54.4 Å². The Morgan fingerprint density at radius 1 is 1.08 bits per heavy atom. The van der Waals surface area contributed by atoms with E-state index in [0.717, 1.165) is 50.5 Å². The van der Waals surface area contributed by atoms with E-state index in [2.05, 4.69) is 27.7 Å². The Bertz CT molecular complexity index is 675. The van der Waals surface area contributed by atoms with Crippen molar-refractivity contribution in [2.24, 2.45) is 40.4 Å². The van der Waals surface area contributed by atoms with Crippen molar-refractivity contribution < 1.29 is 14.7 Å². The van der Waals surface area contributed by atoms with Gasteiger partial charge in [0.25, 0.3) is 0 Å². The van der Waals surface area contributed by atoms with E-state index in [9.17, 15) is 14.7 Å². The molecule has 4 aliphatic carbocycles. The fraction of sp³-hybridized carbons (Fsp3) is 0.826. The first-order chi connectivity index (χ1) is 12.2. The minimum absolute atomic E-state index is 0.0454. The fourth-order valence-electron chi connectivity index (χ4n) is 7.56. The molecular formula is C23H34O3. The molecule has 1 unspecified atom stereocenters. The van der Waals surface area contributed by atoms with E-state index >= 15 is 0 Å². The maximum atomic E-state index is 13.0. The van der Waals surface area contributed by atoms with Crippen molar-refractivity contribution in [3.8, 4) is 0 Å². The number of ketones is 2. The van der Waals surface area contributed by atoms with Crippen molar-refractivity contribution in [1.29, 1.82) is 0 Å². The largest absolute Gasteiger partial charge is 0.504 e. The zero-order valence-electron chi connectivity index (χ0n) is 16.8. The van der Waals surface area contributed by atoms with Gasteiger partial charge in [-0.1, -0.05) is 27.7 Å². The van der Waals surface area contributed by atoms with Gasteiger partial charge in [0, 0.05) is 18.3 Å². The average Bonchev–Trinajstić information content (AvgIpc) is 2.81. The van der Waals surface area contributed by atoms with Crippen LogP contribution in [0.4, 0.5) is 0 Å². The Morgan fingerprint density at radius 3 is 2.50 bits per heavy atom. The van der Waals surface area contributed by atoms with Crippen molar-refractivity contribution in [1.82, 2.24) is 0 Å². The first-order valence-corrected chi connectivity index (χ1v) is 10.7. The molecule has 0 saturated heterocycles. The van der Waals surface area contributed by atoms with Crippen LogP contribution in [0, 0.1) is 40.4 Å². The Kier molecular flexibility index (Phi) is 4.17. The standard InChI is InChI=1S/C23H34O3/c1-13(2)11-14-12-19(25)23(4)9-7-16-15(20(14)23)5-6-17-21(26)18(24)8-10-22(16,17)3/h13-16,20,26H,5-12H2,1-4H3/t14?,15-,16-,20+,22-,23-/m1/s1. The van der Waals surface area contributed by atoms with Crippen LogP contribution in [0.1, 0.15) is 79.1 Å². The lowest BCUT2D eigenvalue weighted by Gasteiger charge is -2.57. The molecule has 4 rings (SSSR count). The van der Waals surface area contributed by atoms with E-state index in [1.54, 1.807) is 0 Å². The maximum absolute atomic E-state index is 13.0. The molecule has 0 heterocycles. The van der Waals surface area contributed by atoms with Crippen LogP contribution >= 0.6 is 0 Å². The molecule has 144 valence electrons. The number of hydrogen-bond acceptors (Lipinski definition) is 3. The summed E-state index contributed by atoms with van der Waals surface area (Å²) in [6, 6.07) is 0. The van der Waals surface area contributed by atoms with Crippen LogP contribution in [0.15, 0.2) is 11.3 Å². The van der Waals surface area contributed by atoms with Gasteiger partial charge in [-0.3, -0.25) is 9.59 Å². The molecule has 0 amide bonds. The Morgan fingerprint density at radius 2 is 1.81 bits per heavy atom. The van der Waals surface area contributed by atoms with E-state index in [1.165, 1.54) is 0 Å². The SMILES string of the molecule is CC(C)CC1CC(=O)[C@@]2(C)CC[C@@H]3[C@@H](CCC4=C(O)C(=O)CC[C@@]43C)[C@H]12. The maximum Gasteiger partial charge on any atom is 0.197 e. The number of carbonyl (C=O) groups excluding carboxylic acids is 2. The van der Waals surface area contributed by atoms with Gasteiger partial charge in [-0.2, -0.15) is 0 Å². The van der Waals surface area contributed by atoms with Gasteiger partial charge in [-0.15, -0.1) is 0 Å². The zero-order valence-corrected chi connectivity index (χ0v) is 16.8. The monoisotopic (exact) mass is 358 g/mol. The number of aliphatic hydroxyl groups excluding tert-OH is 1. The summed E-state index contributed by atoms with van der Waals surface area (Å²) >= 11 is 0. The molecule has 0 aliphatic heterocycles. The molecule has 0 spiro atoms. The molecule has 0 aromatic rings. The van der Waals surface area contributed by atoms with Gasteiger partial charge >= 0.3 is 0 Å². The minimum atomic E-state index is -0.134. The number of carbonyl (C=O) groups is 2. The second kappa shape index (κ2) is 5.94. The Balaban J connectivity index is 1.72. The fourth-order valence-corrected chi connectivity index (χ4v) is 7.56. The number of Topliss-reactive ketones (excluding diaryl/α,β-unsaturated/α-hetero) is 2. The smallest absolute Gasteiger partial charge is 0.197 e. The summed E-state index contributed by atoms with van der Waals surface area (Å²) in [4.78, 5) is 25.0. The summed E-state index contributed by atoms with van der Waals surface area (Å²) in [5.74, 6) is 3.24. The van der Waals surface area contributed by atoms with Crippen molar-refractivity contribution in [3.63, 3.8) is 0 Å². The Hall–Kier alpha value is -1.12. The first kappa shape index (κ1) is 18.3. The van der Waals surface area contributed by atoms with E-state index in [0.29, 0.717) is 41.8 Å². The average molecular weight is 359 g/mol. The first-order valence-electron chi connectivity index (χ1n) is 10.7. The molecule has 0 radical (unpaired) electrons. The quantitative estimate of drug-likeness (QED) is 0.734. The lowest BCUT2D eigenvalue weighted by atomic mass is 9.46. The lowest BCUT2D eigenvalue weighted by Crippen LogP contribution is -2.52. The number of allylic oxidation sites excluding steroid dienone is 1. The zero-order chi connectivity index (χ0) is 18.9. The molecule has 0 bridgehead atoms. The molecule has 3 heteroatoms. The van der Waals surface area contributed by atoms with Gasteiger partial charge in [-0.05, 0) is 79.1 Å². The van der Waals surface area contributed by atoms with Crippen molar-refractivity contribution in [2.75, 3.05) is 0 Å². The number of fused-ring (bicyclic) bond motifs is 5. The van der Waals surface area contributed by atoms with E-state index in [1.807, 2.05) is 0 Å². The van der Waals surface area contributed by atoms with Crippen LogP contribution < -0.4 is 0 Å². The number of aliphatic hydroxyl groups is 1. The minimum Gasteiger partial charge on any atom is -0.504 e. The molecule has 3 saturated carbocycles. The summed E-state index contributed by atoms with van der Waals surface area (Å²) < 4.78 is 0. The van der Waals surface area contributed by atoms with Crippen LogP contribution in [0.25, 0.3) is 0 Å². The third-order valence-electron chi connectivity index (χ3n) is 8.71. The van der Waals surface area contributed by atoms with Gasteiger partial charge in [0.1, 0.15) is 5.78 Å². The highest BCUT2D eigenvalue weighted by Gasteiger charge is 2.62. The molecular weight excluding hydrogens is 324 g/mol. The van der Waals surface area contributed by atoms with Crippen molar-refractivity contribution in [3.05, 3.63) is 11.3 Å². The second-order valence-electron chi connectivity index (χ2n) is 10.5. The highest BCUT2D eigenvalue weighted by molar-refractivity contribution is 5.95. The van der Waals surface area contributed by atoms with E-state index < -0.39 is 0 Å². The Labute approximate surface area is 157 Å². The molecule has 0 aromatic carbocycles. The van der Waals surface area contributed by atoms with Gasteiger partial charge in [0.05, 0.1) is 0 Å². The van der Waals surface area contributed by atoms with Crippen molar-refractivity contribution >= 4 is 11.6 Å². The van der Waals surface area contributed by atoms with Crippen LogP contribution in [-0.2, 0) is 9.59 Å². The van der Waals surface area contributed by atoms with Crippen LogP contribution in [-0.4, -0.2) is 16.7 Å². The molecule has 6 atom stereocenters. The summed E-state index contributed by atoms with van der Waals surface area (Å²) in [6.45, 7) is 9.08. The summed E-state index contributed by atoms with van der Waals surface area (Å²) in [6.07, 6.45) is 7.20. The molecule has 4 aliphatic rings. The highest BCUT2D eigenvalue weighted by Crippen LogP contribution is 2.66. The van der Waals surface area contributed by atoms with Crippen LogP contribution in [0.3, 0.4) is 0 Å². The molecule has 26 heavy (non-hydrogen) atoms. The van der Waals surface area contributed by atoms with Gasteiger partial charge in [0.15, 0.2) is 11.5 Å². The molecule has 3 nitrogen and oxygen atoms in total. The summed E-state index contributed by atoms with van der Waals surface area (Å²) in [5, 5.41) is 10.5. The predicted octanol–water partition coefficient (Wildman–Crippen LogP) is 5.25. The van der Waals surface area contributed by atoms with Crippen LogP contribution in [0.5, 0.6) is 0 Å². The van der Waals surface area contributed by atoms with Crippen molar-refractivity contribution in [2.45, 2.75) is 79.1 Å². The number of hydrogen-bond donors (Lipinski definition) is 1. The highest BCUT2D eigenvalue weighted by atomic mass is 16.3. The molecule has 1 N–H and O–H groups in total. The van der Waals surface area contributed by atoms with E-state index in [-0.39, 0.29) is 22.4 Å². The van der Waals surface area contributed by atoms with E-state index in [4.69, 9.17) is 0 Å². The predicted molar refractivity (Wildman–Crippen MR) is 102 cm³/mol.